The third-order valence-corrected chi connectivity index (χ3v) is 3.11. The van der Waals surface area contributed by atoms with Crippen molar-refractivity contribution in [3.05, 3.63) is 45.6 Å². The summed E-state index contributed by atoms with van der Waals surface area (Å²) in [6.07, 6.45) is 0.891. The van der Waals surface area contributed by atoms with Gasteiger partial charge in [-0.2, -0.15) is 0 Å². The number of halogens is 2. The van der Waals surface area contributed by atoms with Crippen molar-refractivity contribution in [2.75, 3.05) is 5.32 Å². The highest BCUT2D eigenvalue weighted by Crippen LogP contribution is 2.27. The van der Waals surface area contributed by atoms with Crippen molar-refractivity contribution in [1.29, 1.82) is 0 Å². The molecule has 0 bridgehead atoms. The molecule has 0 unspecified atom stereocenters. The second-order valence-electron chi connectivity index (χ2n) is 4.00. The van der Waals surface area contributed by atoms with E-state index in [4.69, 9.17) is 27.6 Å². The molecule has 2 aromatic heterocycles. The van der Waals surface area contributed by atoms with Crippen molar-refractivity contribution in [3.8, 4) is 0 Å². The molecule has 0 radical (unpaired) electrons. The van der Waals surface area contributed by atoms with Gasteiger partial charge in [0.15, 0.2) is 5.15 Å². The lowest BCUT2D eigenvalue weighted by Gasteiger charge is -2.10. The van der Waals surface area contributed by atoms with Gasteiger partial charge >= 0.3 is 0 Å². The molecular formula is C13H14Cl2N2O. The van der Waals surface area contributed by atoms with Crippen molar-refractivity contribution >= 4 is 28.9 Å². The lowest BCUT2D eigenvalue weighted by atomic mass is 10.2. The number of hydrogen-bond acceptors (Lipinski definition) is 3. The monoisotopic (exact) mass is 284 g/mol. The number of aryl methyl sites for hydroxylation is 2. The van der Waals surface area contributed by atoms with E-state index in [1.165, 1.54) is 0 Å². The van der Waals surface area contributed by atoms with Gasteiger partial charge in [-0.25, -0.2) is 4.98 Å². The lowest BCUT2D eigenvalue weighted by Crippen LogP contribution is -2.02. The molecule has 18 heavy (non-hydrogen) atoms. The SMILES string of the molecule is CCc1ccc(CNc2c(C)cc(Cl)nc2Cl)o1. The van der Waals surface area contributed by atoms with Crippen molar-refractivity contribution in [2.24, 2.45) is 0 Å². The minimum atomic E-state index is 0.377. The van der Waals surface area contributed by atoms with Crippen molar-refractivity contribution < 1.29 is 4.42 Å². The Morgan fingerprint density at radius 2 is 2.00 bits per heavy atom. The molecule has 2 aromatic rings. The summed E-state index contributed by atoms with van der Waals surface area (Å²) >= 11 is 11.9. The predicted octanol–water partition coefficient (Wildman–Crippen LogP) is 4.46. The molecule has 3 nitrogen and oxygen atoms in total. The van der Waals surface area contributed by atoms with Crippen LogP contribution in [0, 0.1) is 6.92 Å². The van der Waals surface area contributed by atoms with Gasteiger partial charge < -0.3 is 9.73 Å². The Balaban J connectivity index is 2.10. The summed E-state index contributed by atoms with van der Waals surface area (Å²) in [5.74, 6) is 1.85. The predicted molar refractivity (Wildman–Crippen MR) is 74.4 cm³/mol. The fourth-order valence-electron chi connectivity index (χ4n) is 1.69. The molecule has 0 aliphatic heterocycles. The molecule has 2 rings (SSSR count). The summed E-state index contributed by atoms with van der Waals surface area (Å²) in [5.41, 5.74) is 1.75. The van der Waals surface area contributed by atoms with Gasteiger partial charge in [-0.1, -0.05) is 30.1 Å². The fourth-order valence-corrected chi connectivity index (χ4v) is 2.29. The van der Waals surface area contributed by atoms with E-state index in [0.29, 0.717) is 16.9 Å². The minimum absolute atomic E-state index is 0.377. The molecule has 5 heteroatoms. The summed E-state index contributed by atoms with van der Waals surface area (Å²) in [7, 11) is 0. The van der Waals surface area contributed by atoms with Crippen LogP contribution in [0.2, 0.25) is 10.3 Å². The quantitative estimate of drug-likeness (QED) is 0.842. The second-order valence-corrected chi connectivity index (χ2v) is 4.75. The zero-order valence-electron chi connectivity index (χ0n) is 10.3. The lowest BCUT2D eigenvalue weighted by molar-refractivity contribution is 0.476. The number of hydrogen-bond donors (Lipinski definition) is 1. The fraction of sp³-hybridized carbons (Fsp3) is 0.308. The molecule has 1 N–H and O–H groups in total. The number of furan rings is 1. The van der Waals surface area contributed by atoms with Crippen LogP contribution in [0.15, 0.2) is 22.6 Å². The molecule has 0 atom stereocenters. The molecule has 0 spiro atoms. The first-order valence-electron chi connectivity index (χ1n) is 5.74. The first-order chi connectivity index (χ1) is 8.60. The third kappa shape index (κ3) is 2.98. The van der Waals surface area contributed by atoms with E-state index in [2.05, 4.69) is 17.2 Å². The highest BCUT2D eigenvalue weighted by atomic mass is 35.5. The summed E-state index contributed by atoms with van der Waals surface area (Å²) in [6.45, 7) is 4.56. The van der Waals surface area contributed by atoms with Gasteiger partial charge in [0, 0.05) is 6.42 Å². The van der Waals surface area contributed by atoms with Gasteiger partial charge in [-0.05, 0) is 30.7 Å². The molecule has 0 amide bonds. The minimum Gasteiger partial charge on any atom is -0.464 e. The maximum atomic E-state index is 6.04. The van der Waals surface area contributed by atoms with Crippen LogP contribution in [0.5, 0.6) is 0 Å². The van der Waals surface area contributed by atoms with Crippen LogP contribution in [0.1, 0.15) is 24.0 Å². The maximum Gasteiger partial charge on any atom is 0.154 e. The van der Waals surface area contributed by atoms with Crippen molar-refractivity contribution in [1.82, 2.24) is 4.98 Å². The molecule has 0 fully saturated rings. The highest BCUT2D eigenvalue weighted by molar-refractivity contribution is 6.34. The molecule has 96 valence electrons. The zero-order chi connectivity index (χ0) is 13.1. The van der Waals surface area contributed by atoms with Crippen LogP contribution in [0.4, 0.5) is 5.69 Å². The number of pyridine rings is 1. The van der Waals surface area contributed by atoms with Crippen LogP contribution >= 0.6 is 23.2 Å². The molecule has 2 heterocycles. The number of rotatable bonds is 4. The molecule has 0 aliphatic carbocycles. The molecule has 0 aromatic carbocycles. The number of nitrogens with zero attached hydrogens (tertiary/aromatic N) is 1. The van der Waals surface area contributed by atoms with Crippen LogP contribution < -0.4 is 5.32 Å². The van der Waals surface area contributed by atoms with Crippen LogP contribution in [-0.4, -0.2) is 4.98 Å². The molecular weight excluding hydrogens is 271 g/mol. The first kappa shape index (κ1) is 13.2. The van der Waals surface area contributed by atoms with E-state index in [-0.39, 0.29) is 0 Å². The third-order valence-electron chi connectivity index (χ3n) is 2.65. The van der Waals surface area contributed by atoms with Crippen LogP contribution in [-0.2, 0) is 13.0 Å². The average molecular weight is 285 g/mol. The number of aromatic nitrogens is 1. The largest absolute Gasteiger partial charge is 0.464 e. The summed E-state index contributed by atoms with van der Waals surface area (Å²) in [5, 5.41) is 3.99. The number of nitrogens with one attached hydrogen (secondary N) is 1. The molecule has 0 saturated heterocycles. The average Bonchev–Trinajstić information content (AvgIpc) is 2.75. The van der Waals surface area contributed by atoms with Gasteiger partial charge in [0.25, 0.3) is 0 Å². The van der Waals surface area contributed by atoms with E-state index in [1.54, 1.807) is 6.07 Å². The van der Waals surface area contributed by atoms with E-state index in [0.717, 1.165) is 29.2 Å². The summed E-state index contributed by atoms with van der Waals surface area (Å²) < 4.78 is 5.61. The van der Waals surface area contributed by atoms with E-state index < -0.39 is 0 Å². The Morgan fingerprint density at radius 1 is 1.28 bits per heavy atom. The smallest absolute Gasteiger partial charge is 0.154 e. The second kappa shape index (κ2) is 5.63. The Hall–Kier alpha value is -1.19. The van der Waals surface area contributed by atoms with Crippen molar-refractivity contribution in [2.45, 2.75) is 26.8 Å². The van der Waals surface area contributed by atoms with Crippen LogP contribution in [0.25, 0.3) is 0 Å². The Labute approximate surface area is 116 Å². The van der Waals surface area contributed by atoms with Gasteiger partial charge in [-0.15, -0.1) is 0 Å². The zero-order valence-corrected chi connectivity index (χ0v) is 11.8. The van der Waals surface area contributed by atoms with Gasteiger partial charge in [0.05, 0.1) is 12.2 Å². The van der Waals surface area contributed by atoms with Gasteiger partial charge in [0.1, 0.15) is 16.7 Å². The molecule has 0 saturated carbocycles. The number of anilines is 1. The maximum absolute atomic E-state index is 6.04. The standard InChI is InChI=1S/C13H14Cl2N2O/c1-3-9-4-5-10(18-9)7-16-12-8(2)6-11(14)17-13(12)15/h4-6,16H,3,7H2,1-2H3. The first-order valence-corrected chi connectivity index (χ1v) is 6.50. The van der Waals surface area contributed by atoms with E-state index in [1.807, 2.05) is 19.1 Å². The van der Waals surface area contributed by atoms with Crippen LogP contribution in [0.3, 0.4) is 0 Å². The summed E-state index contributed by atoms with van der Waals surface area (Å²) in [6, 6.07) is 5.71. The van der Waals surface area contributed by atoms with E-state index in [9.17, 15) is 0 Å². The Morgan fingerprint density at radius 3 is 2.61 bits per heavy atom. The van der Waals surface area contributed by atoms with E-state index >= 15 is 0 Å². The van der Waals surface area contributed by atoms with Gasteiger partial charge in [-0.3, -0.25) is 0 Å². The Kier molecular flexibility index (Phi) is 4.15. The Bertz CT molecular complexity index is 529. The summed E-state index contributed by atoms with van der Waals surface area (Å²) in [4.78, 5) is 4.01. The normalized spacial score (nSPS) is 10.7. The topological polar surface area (TPSA) is 38.1 Å². The highest BCUT2D eigenvalue weighted by Gasteiger charge is 2.08. The molecule has 0 aliphatic rings. The van der Waals surface area contributed by atoms with Gasteiger partial charge in [0.2, 0.25) is 0 Å². The van der Waals surface area contributed by atoms with Crippen molar-refractivity contribution in [3.63, 3.8) is 0 Å².